The molecular weight excluding hydrogens is 236 g/mol. The van der Waals surface area contributed by atoms with Gasteiger partial charge in [0.1, 0.15) is 4.90 Å². The Hall–Kier alpha value is -1.88. The van der Waals surface area contributed by atoms with Crippen LogP contribution in [0.2, 0.25) is 0 Å². The molecular formula is C12H12N2O2S. The van der Waals surface area contributed by atoms with Gasteiger partial charge in [0.2, 0.25) is 0 Å². The summed E-state index contributed by atoms with van der Waals surface area (Å²) in [6.45, 7) is 1.85. The molecule has 4 nitrogen and oxygen atoms in total. The maximum absolute atomic E-state index is 12.0. The van der Waals surface area contributed by atoms with Crippen molar-refractivity contribution in [2.24, 2.45) is 0 Å². The normalized spacial score (nSPS) is 11.1. The number of rotatable bonds is 3. The fourth-order valence-electron chi connectivity index (χ4n) is 1.40. The fourth-order valence-corrected chi connectivity index (χ4v) is 2.49. The molecule has 0 saturated heterocycles. The average molecular weight is 248 g/mol. The molecule has 0 unspecified atom stereocenters. The van der Waals surface area contributed by atoms with Crippen LogP contribution < -0.4 is 4.72 Å². The molecule has 1 aromatic heterocycles. The molecule has 0 radical (unpaired) electrons. The monoisotopic (exact) mass is 248 g/mol. The minimum absolute atomic E-state index is 0.156. The number of aryl methyl sites for hydroxylation is 1. The molecule has 0 atom stereocenters. The first-order valence-corrected chi connectivity index (χ1v) is 6.56. The molecule has 0 fully saturated rings. The molecule has 0 aliphatic heterocycles. The Morgan fingerprint density at radius 1 is 1.12 bits per heavy atom. The van der Waals surface area contributed by atoms with Crippen molar-refractivity contribution in [3.05, 3.63) is 54.4 Å². The molecule has 0 amide bonds. The third-order valence-corrected chi connectivity index (χ3v) is 3.68. The van der Waals surface area contributed by atoms with Crippen LogP contribution in [0.15, 0.2) is 53.7 Å². The topological polar surface area (TPSA) is 59.1 Å². The van der Waals surface area contributed by atoms with Gasteiger partial charge in [-0.2, -0.15) is 0 Å². The van der Waals surface area contributed by atoms with Gasteiger partial charge in [-0.1, -0.05) is 18.2 Å². The van der Waals surface area contributed by atoms with Gasteiger partial charge >= 0.3 is 0 Å². The van der Waals surface area contributed by atoms with Crippen LogP contribution in [-0.4, -0.2) is 13.4 Å². The van der Waals surface area contributed by atoms with Crippen LogP contribution in [0.25, 0.3) is 0 Å². The first-order chi connectivity index (χ1) is 8.09. The SMILES string of the molecule is Cc1ccccc1NS(=O)(=O)c1cccnc1. The van der Waals surface area contributed by atoms with E-state index < -0.39 is 10.0 Å². The Kier molecular flexibility index (Phi) is 3.10. The van der Waals surface area contributed by atoms with Crippen molar-refractivity contribution in [2.75, 3.05) is 4.72 Å². The van der Waals surface area contributed by atoms with Gasteiger partial charge in [0.15, 0.2) is 0 Å². The number of nitrogens with one attached hydrogen (secondary N) is 1. The highest BCUT2D eigenvalue weighted by molar-refractivity contribution is 7.92. The number of aromatic nitrogens is 1. The molecule has 17 heavy (non-hydrogen) atoms. The Bertz CT molecular complexity index is 609. The number of pyridine rings is 1. The van der Waals surface area contributed by atoms with E-state index in [1.807, 2.05) is 19.1 Å². The predicted molar refractivity (Wildman–Crippen MR) is 66.2 cm³/mol. The second-order valence-corrected chi connectivity index (χ2v) is 5.29. The minimum Gasteiger partial charge on any atom is -0.279 e. The molecule has 2 rings (SSSR count). The maximum atomic E-state index is 12.0. The third-order valence-electron chi connectivity index (χ3n) is 2.33. The van der Waals surface area contributed by atoms with Crippen molar-refractivity contribution in [1.82, 2.24) is 4.98 Å². The molecule has 0 spiro atoms. The molecule has 88 valence electrons. The molecule has 1 aromatic carbocycles. The highest BCUT2D eigenvalue weighted by Gasteiger charge is 2.14. The van der Waals surface area contributed by atoms with E-state index in [1.54, 1.807) is 18.2 Å². The molecule has 0 bridgehead atoms. The van der Waals surface area contributed by atoms with Crippen LogP contribution in [0.4, 0.5) is 5.69 Å². The molecule has 5 heteroatoms. The van der Waals surface area contributed by atoms with E-state index in [2.05, 4.69) is 9.71 Å². The van der Waals surface area contributed by atoms with E-state index >= 15 is 0 Å². The second kappa shape index (κ2) is 4.55. The zero-order chi connectivity index (χ0) is 12.3. The van der Waals surface area contributed by atoms with Crippen LogP contribution in [0.5, 0.6) is 0 Å². The summed E-state index contributed by atoms with van der Waals surface area (Å²) >= 11 is 0. The van der Waals surface area contributed by atoms with E-state index in [0.29, 0.717) is 5.69 Å². The van der Waals surface area contributed by atoms with Gasteiger partial charge in [0.25, 0.3) is 10.0 Å². The van der Waals surface area contributed by atoms with E-state index in [1.165, 1.54) is 18.5 Å². The Labute approximate surface area is 100 Å². The quantitative estimate of drug-likeness (QED) is 0.905. The summed E-state index contributed by atoms with van der Waals surface area (Å²) in [4.78, 5) is 3.95. The number of sulfonamides is 1. The van der Waals surface area contributed by atoms with Gasteiger partial charge in [0.05, 0.1) is 5.69 Å². The lowest BCUT2D eigenvalue weighted by molar-refractivity contribution is 0.601. The number of para-hydroxylation sites is 1. The smallest absolute Gasteiger partial charge is 0.263 e. The van der Waals surface area contributed by atoms with Gasteiger partial charge < -0.3 is 0 Å². The lowest BCUT2D eigenvalue weighted by Crippen LogP contribution is -2.13. The Morgan fingerprint density at radius 3 is 2.53 bits per heavy atom. The molecule has 0 aliphatic carbocycles. The zero-order valence-electron chi connectivity index (χ0n) is 9.29. The summed E-state index contributed by atoms with van der Waals surface area (Å²) in [5.41, 5.74) is 1.45. The van der Waals surface area contributed by atoms with Gasteiger partial charge in [-0.15, -0.1) is 0 Å². The molecule has 0 aliphatic rings. The highest BCUT2D eigenvalue weighted by Crippen LogP contribution is 2.18. The van der Waals surface area contributed by atoms with Crippen LogP contribution in [-0.2, 0) is 10.0 Å². The van der Waals surface area contributed by atoms with Gasteiger partial charge in [-0.3, -0.25) is 9.71 Å². The average Bonchev–Trinajstić information content (AvgIpc) is 2.33. The lowest BCUT2D eigenvalue weighted by Gasteiger charge is -2.09. The summed E-state index contributed by atoms with van der Waals surface area (Å²) in [5, 5.41) is 0. The van der Waals surface area contributed by atoms with Gasteiger partial charge in [-0.05, 0) is 30.7 Å². The van der Waals surface area contributed by atoms with Crippen LogP contribution in [0, 0.1) is 6.92 Å². The van der Waals surface area contributed by atoms with Crippen LogP contribution in [0.1, 0.15) is 5.56 Å². The van der Waals surface area contributed by atoms with Crippen molar-refractivity contribution in [1.29, 1.82) is 0 Å². The molecule has 0 saturated carbocycles. The summed E-state index contributed by atoms with van der Waals surface area (Å²) < 4.78 is 26.5. The summed E-state index contributed by atoms with van der Waals surface area (Å²) in [7, 11) is -3.55. The number of anilines is 1. The van der Waals surface area contributed by atoms with Crippen LogP contribution >= 0.6 is 0 Å². The molecule has 1 heterocycles. The van der Waals surface area contributed by atoms with E-state index in [-0.39, 0.29) is 4.90 Å². The van der Waals surface area contributed by atoms with E-state index in [0.717, 1.165) is 5.56 Å². The third kappa shape index (κ3) is 2.62. The first-order valence-electron chi connectivity index (χ1n) is 5.08. The summed E-state index contributed by atoms with van der Waals surface area (Å²) in [6.07, 6.45) is 2.85. The maximum Gasteiger partial charge on any atom is 0.263 e. The zero-order valence-corrected chi connectivity index (χ0v) is 10.1. The van der Waals surface area contributed by atoms with Crippen LogP contribution in [0.3, 0.4) is 0 Å². The summed E-state index contributed by atoms with van der Waals surface area (Å²) in [5.74, 6) is 0. The Morgan fingerprint density at radius 2 is 1.88 bits per heavy atom. The summed E-state index contributed by atoms with van der Waals surface area (Å²) in [6, 6.07) is 10.3. The predicted octanol–water partition coefficient (Wildman–Crippen LogP) is 2.19. The van der Waals surface area contributed by atoms with E-state index in [4.69, 9.17) is 0 Å². The Balaban J connectivity index is 2.34. The van der Waals surface area contributed by atoms with Crippen molar-refractivity contribution >= 4 is 15.7 Å². The van der Waals surface area contributed by atoms with Crippen molar-refractivity contribution < 1.29 is 8.42 Å². The van der Waals surface area contributed by atoms with Crippen molar-refractivity contribution in [2.45, 2.75) is 11.8 Å². The second-order valence-electron chi connectivity index (χ2n) is 3.61. The lowest BCUT2D eigenvalue weighted by atomic mass is 10.2. The standard InChI is InChI=1S/C12H12N2O2S/c1-10-5-2-3-7-12(10)14-17(15,16)11-6-4-8-13-9-11/h2-9,14H,1H3. The number of hydrogen-bond acceptors (Lipinski definition) is 3. The highest BCUT2D eigenvalue weighted by atomic mass is 32.2. The molecule has 1 N–H and O–H groups in total. The minimum atomic E-state index is -3.55. The number of nitrogens with zero attached hydrogens (tertiary/aromatic N) is 1. The molecule has 2 aromatic rings. The first kappa shape index (κ1) is 11.6. The van der Waals surface area contributed by atoms with E-state index in [9.17, 15) is 8.42 Å². The largest absolute Gasteiger partial charge is 0.279 e. The van der Waals surface area contributed by atoms with Crippen molar-refractivity contribution in [3.63, 3.8) is 0 Å². The fraction of sp³-hybridized carbons (Fsp3) is 0.0833. The number of benzene rings is 1. The van der Waals surface area contributed by atoms with Gasteiger partial charge in [0, 0.05) is 12.4 Å². The van der Waals surface area contributed by atoms with Crippen molar-refractivity contribution in [3.8, 4) is 0 Å². The number of hydrogen-bond donors (Lipinski definition) is 1. The van der Waals surface area contributed by atoms with Gasteiger partial charge in [-0.25, -0.2) is 8.42 Å².